The van der Waals surface area contributed by atoms with E-state index in [-0.39, 0.29) is 23.3 Å². The van der Waals surface area contributed by atoms with Crippen LogP contribution in [0.15, 0.2) is 82.5 Å². The fourth-order valence-electron chi connectivity index (χ4n) is 4.77. The molecule has 0 spiro atoms. The first kappa shape index (κ1) is 33.9. The molecule has 1 aromatic heterocycles. The predicted octanol–water partition coefficient (Wildman–Crippen LogP) is 8.24. The lowest BCUT2D eigenvalue weighted by molar-refractivity contribution is -0.274. The van der Waals surface area contributed by atoms with E-state index in [9.17, 15) is 22.8 Å². The van der Waals surface area contributed by atoms with E-state index < -0.39 is 12.4 Å². The highest BCUT2D eigenvalue weighted by atomic mass is 79.9. The minimum atomic E-state index is -4.76. The van der Waals surface area contributed by atoms with Crippen LogP contribution < -0.4 is 15.0 Å². The van der Waals surface area contributed by atoms with Gasteiger partial charge in [-0.1, -0.05) is 71.9 Å². The van der Waals surface area contributed by atoms with E-state index >= 15 is 0 Å². The summed E-state index contributed by atoms with van der Waals surface area (Å²) in [6.07, 6.45) is -0.884. The third kappa shape index (κ3) is 8.89. The predicted molar refractivity (Wildman–Crippen MR) is 181 cm³/mol. The van der Waals surface area contributed by atoms with E-state index in [1.807, 2.05) is 55.5 Å². The van der Waals surface area contributed by atoms with Crippen molar-refractivity contribution < 1.29 is 27.5 Å². The quantitative estimate of drug-likeness (QED) is 0.187. The SMILES string of the molecule is Cc1ccc(C(C)C)c(N2C(=O)CS/C2=N\C(=O)NCC/C(Br)=C\c2cccc(-c3ncn(-c4ccc(OC(F)(F)F)cc4)n3)c2)c1. The van der Waals surface area contributed by atoms with E-state index in [4.69, 9.17) is 0 Å². The van der Waals surface area contributed by atoms with E-state index in [1.165, 1.54) is 51.9 Å². The Hall–Kier alpha value is -4.43. The summed E-state index contributed by atoms with van der Waals surface area (Å²) in [5.74, 6) is 0.399. The normalized spacial score (nSPS) is 14.7. The molecule has 1 fully saturated rings. The van der Waals surface area contributed by atoms with E-state index in [1.54, 1.807) is 0 Å². The van der Waals surface area contributed by atoms with Gasteiger partial charge in [0.1, 0.15) is 12.1 Å². The number of alkyl halides is 3. The Balaban J connectivity index is 1.19. The fraction of sp³-hybridized carbons (Fsp3) is 0.242. The maximum Gasteiger partial charge on any atom is 0.573 e. The molecule has 9 nitrogen and oxygen atoms in total. The smallest absolute Gasteiger partial charge is 0.406 e. The molecule has 2 heterocycles. The number of nitrogens with one attached hydrogen (secondary N) is 1. The number of hydrogen-bond donors (Lipinski definition) is 1. The highest BCUT2D eigenvalue weighted by Gasteiger charge is 2.33. The number of ether oxygens (including phenoxy) is 1. The summed E-state index contributed by atoms with van der Waals surface area (Å²) in [4.78, 5) is 35.6. The molecule has 0 radical (unpaired) electrons. The molecular weight excluding hydrogens is 697 g/mol. The number of anilines is 1. The number of aliphatic imine (C=N–C) groups is 1. The average Bonchev–Trinajstić information content (AvgIpc) is 3.64. The van der Waals surface area contributed by atoms with Gasteiger partial charge >= 0.3 is 12.4 Å². The number of aryl methyl sites for hydroxylation is 1. The number of thioether (sulfide) groups is 1. The topological polar surface area (TPSA) is 102 Å². The first-order valence-corrected chi connectivity index (χ1v) is 16.3. The van der Waals surface area contributed by atoms with Crippen molar-refractivity contribution in [2.24, 2.45) is 4.99 Å². The zero-order valence-corrected chi connectivity index (χ0v) is 28.0. The third-order valence-electron chi connectivity index (χ3n) is 6.95. The molecule has 0 aliphatic carbocycles. The van der Waals surface area contributed by atoms with Gasteiger partial charge in [-0.15, -0.1) is 18.3 Å². The second kappa shape index (κ2) is 14.6. The lowest BCUT2D eigenvalue weighted by Gasteiger charge is -2.22. The Bertz CT molecular complexity index is 1840. The van der Waals surface area contributed by atoms with Crippen molar-refractivity contribution >= 4 is 56.6 Å². The molecule has 1 saturated heterocycles. The number of halogens is 4. The molecule has 1 N–H and O–H groups in total. The monoisotopic (exact) mass is 726 g/mol. The number of carbonyl (C=O) groups excluding carboxylic acids is 2. The molecule has 1 aliphatic heterocycles. The number of rotatable bonds is 9. The largest absolute Gasteiger partial charge is 0.573 e. The zero-order valence-electron chi connectivity index (χ0n) is 25.6. The van der Waals surface area contributed by atoms with Gasteiger partial charge in [0.05, 0.1) is 17.1 Å². The van der Waals surface area contributed by atoms with Crippen LogP contribution in [0, 0.1) is 6.92 Å². The van der Waals surface area contributed by atoms with Gasteiger partial charge in [0.15, 0.2) is 11.0 Å². The molecule has 0 atom stereocenters. The van der Waals surface area contributed by atoms with Crippen molar-refractivity contribution in [3.63, 3.8) is 0 Å². The fourth-order valence-corrected chi connectivity index (χ4v) is 6.09. The first-order chi connectivity index (χ1) is 22.4. The standard InChI is InChI=1S/C33H30BrF3N6O3S/c1-20(2)27-12-7-21(3)15-28(27)43-29(44)18-47-32(43)40-31(45)38-14-13-24(34)17-22-5-4-6-23(16-22)30-39-19-42(41-30)25-8-10-26(11-9-25)46-33(35,36)37/h4-12,15-17,19-20H,13-14,18H2,1-3H3,(H,38,45)/b24-17+,40-32-. The molecule has 3 amide bonds. The first-order valence-electron chi connectivity index (χ1n) is 14.5. The minimum absolute atomic E-state index is 0.113. The van der Waals surface area contributed by atoms with Crippen molar-refractivity contribution in [2.45, 2.75) is 39.5 Å². The second-order valence-electron chi connectivity index (χ2n) is 10.9. The molecule has 0 unspecified atom stereocenters. The summed E-state index contributed by atoms with van der Waals surface area (Å²) >= 11 is 4.81. The van der Waals surface area contributed by atoms with Gasteiger partial charge in [0.25, 0.3) is 0 Å². The highest BCUT2D eigenvalue weighted by molar-refractivity contribution is 9.11. The van der Waals surface area contributed by atoms with Crippen LogP contribution in [-0.4, -0.2) is 50.5 Å². The number of aromatic nitrogens is 3. The molecule has 5 rings (SSSR count). The van der Waals surface area contributed by atoms with Gasteiger partial charge in [0, 0.05) is 12.1 Å². The highest BCUT2D eigenvalue weighted by Crippen LogP contribution is 2.34. The van der Waals surface area contributed by atoms with Gasteiger partial charge in [-0.2, -0.15) is 4.99 Å². The third-order valence-corrected chi connectivity index (χ3v) is 8.50. The Labute approximate surface area is 282 Å². The molecular formula is C33H30BrF3N6O3S. The van der Waals surface area contributed by atoms with Crippen LogP contribution >= 0.6 is 27.7 Å². The maximum atomic E-state index is 12.8. The molecule has 4 aromatic rings. The second-order valence-corrected chi connectivity index (χ2v) is 12.8. The molecule has 0 saturated carbocycles. The molecule has 14 heteroatoms. The molecule has 0 bridgehead atoms. The number of nitrogens with zero attached hydrogens (tertiary/aromatic N) is 5. The summed E-state index contributed by atoms with van der Waals surface area (Å²) in [5.41, 5.74) is 4.90. The zero-order chi connectivity index (χ0) is 33.7. The van der Waals surface area contributed by atoms with Crippen molar-refractivity contribution in [3.05, 3.63) is 94.2 Å². The Morgan fingerprint density at radius 2 is 1.91 bits per heavy atom. The molecule has 1 aliphatic rings. The Kier molecular flexibility index (Phi) is 10.5. The number of amides is 3. The lowest BCUT2D eigenvalue weighted by Crippen LogP contribution is -2.32. The van der Waals surface area contributed by atoms with Gasteiger partial charge in [-0.05, 0) is 82.9 Å². The molecule has 244 valence electrons. The van der Waals surface area contributed by atoms with Crippen LogP contribution in [0.25, 0.3) is 23.2 Å². The molecule has 3 aromatic carbocycles. The van der Waals surface area contributed by atoms with Crippen molar-refractivity contribution in [1.82, 2.24) is 20.1 Å². The Morgan fingerprint density at radius 1 is 1.15 bits per heavy atom. The van der Waals surface area contributed by atoms with Crippen LogP contribution in [-0.2, 0) is 4.79 Å². The maximum absolute atomic E-state index is 12.8. The van der Waals surface area contributed by atoms with Crippen molar-refractivity contribution in [3.8, 4) is 22.8 Å². The molecule has 47 heavy (non-hydrogen) atoms. The van der Waals surface area contributed by atoms with Gasteiger partial charge in [-0.3, -0.25) is 9.69 Å². The van der Waals surface area contributed by atoms with Gasteiger partial charge in [-0.25, -0.2) is 14.5 Å². The number of amidine groups is 1. The summed E-state index contributed by atoms with van der Waals surface area (Å²) in [5, 5.41) is 7.61. The summed E-state index contributed by atoms with van der Waals surface area (Å²) in [6.45, 7) is 6.39. The number of benzene rings is 3. The van der Waals surface area contributed by atoms with Gasteiger partial charge in [0.2, 0.25) is 5.91 Å². The number of carbonyl (C=O) groups is 2. The summed E-state index contributed by atoms with van der Waals surface area (Å²) in [7, 11) is 0. The van der Waals surface area contributed by atoms with Crippen LogP contribution in [0.1, 0.15) is 42.9 Å². The van der Waals surface area contributed by atoms with Crippen molar-refractivity contribution in [1.29, 1.82) is 0 Å². The Morgan fingerprint density at radius 3 is 2.64 bits per heavy atom. The summed E-state index contributed by atoms with van der Waals surface area (Å²) in [6, 6.07) is 18.3. The lowest BCUT2D eigenvalue weighted by atomic mass is 9.99. The number of hydrogen-bond acceptors (Lipinski definition) is 6. The van der Waals surface area contributed by atoms with Gasteiger partial charge < -0.3 is 10.1 Å². The van der Waals surface area contributed by atoms with Crippen LogP contribution in [0.5, 0.6) is 5.75 Å². The van der Waals surface area contributed by atoms with E-state index in [0.717, 1.165) is 32.4 Å². The summed E-state index contributed by atoms with van der Waals surface area (Å²) < 4.78 is 43.6. The van der Waals surface area contributed by atoms with Crippen LogP contribution in [0.2, 0.25) is 0 Å². The van der Waals surface area contributed by atoms with Crippen LogP contribution in [0.4, 0.5) is 23.7 Å². The van der Waals surface area contributed by atoms with E-state index in [0.29, 0.717) is 29.6 Å². The number of urea groups is 1. The average molecular weight is 728 g/mol. The van der Waals surface area contributed by atoms with Crippen LogP contribution in [0.3, 0.4) is 0 Å². The minimum Gasteiger partial charge on any atom is -0.406 e. The van der Waals surface area contributed by atoms with Crippen molar-refractivity contribution in [2.75, 3.05) is 17.2 Å². The van der Waals surface area contributed by atoms with E-state index in [2.05, 4.69) is 54.9 Å².